The van der Waals surface area contributed by atoms with Gasteiger partial charge in [-0.05, 0) is 11.6 Å². The van der Waals surface area contributed by atoms with E-state index in [-0.39, 0.29) is 0 Å². The first-order valence-corrected chi connectivity index (χ1v) is 6.17. The zero-order valence-electron chi connectivity index (χ0n) is 10.2. The number of anilines is 1. The van der Waals surface area contributed by atoms with Crippen molar-refractivity contribution in [2.75, 3.05) is 38.6 Å². The third kappa shape index (κ3) is 2.35. The Balaban J connectivity index is 1.72. The van der Waals surface area contributed by atoms with Crippen molar-refractivity contribution < 1.29 is 4.74 Å². The Morgan fingerprint density at radius 1 is 1.28 bits per heavy atom. The molecule has 1 atom stereocenters. The van der Waals surface area contributed by atoms with Gasteiger partial charge in [0.15, 0.2) is 0 Å². The molecule has 2 aliphatic rings. The Hall–Kier alpha value is -1.50. The topological polar surface area (TPSA) is 76.3 Å². The monoisotopic (exact) mass is 247 g/mol. The van der Waals surface area contributed by atoms with E-state index >= 15 is 0 Å². The molecular weight excluding hydrogens is 230 g/mol. The number of aromatic nitrogens is 2. The molecule has 18 heavy (non-hydrogen) atoms. The summed E-state index contributed by atoms with van der Waals surface area (Å²) in [4.78, 5) is 10.4. The average Bonchev–Trinajstić information content (AvgIpc) is 2.90. The van der Waals surface area contributed by atoms with Crippen LogP contribution in [0.2, 0.25) is 0 Å². The first-order valence-electron chi connectivity index (χ1n) is 6.17. The van der Waals surface area contributed by atoms with E-state index in [1.54, 1.807) is 12.4 Å². The van der Waals surface area contributed by atoms with Crippen LogP contribution in [0.1, 0.15) is 5.56 Å². The molecular formula is C12H17N5O. The van der Waals surface area contributed by atoms with E-state index in [1.165, 1.54) is 5.57 Å². The van der Waals surface area contributed by atoms with Crippen LogP contribution in [0, 0.1) is 0 Å². The second-order valence-corrected chi connectivity index (χ2v) is 4.50. The Morgan fingerprint density at radius 2 is 2.00 bits per heavy atom. The van der Waals surface area contributed by atoms with Gasteiger partial charge in [-0.15, -0.1) is 0 Å². The van der Waals surface area contributed by atoms with Crippen LogP contribution in [0.5, 0.6) is 0 Å². The van der Waals surface area contributed by atoms with Gasteiger partial charge in [-0.1, -0.05) is 0 Å². The standard InChI is InChI=1S/C12H17N5O/c13-12-15-7-10(8-16-12)9-5-11(14-6-9)17-1-3-18-4-2-17/h5,7-8,11,14H,1-4,6H2,(H2,13,15,16). The predicted molar refractivity (Wildman–Crippen MR) is 68.6 cm³/mol. The highest BCUT2D eigenvalue weighted by atomic mass is 16.5. The van der Waals surface area contributed by atoms with Crippen molar-refractivity contribution in [3.63, 3.8) is 0 Å². The average molecular weight is 247 g/mol. The third-order valence-corrected chi connectivity index (χ3v) is 3.34. The molecule has 0 saturated carbocycles. The molecule has 2 aliphatic heterocycles. The number of morpholine rings is 1. The fourth-order valence-corrected chi connectivity index (χ4v) is 2.32. The second-order valence-electron chi connectivity index (χ2n) is 4.50. The summed E-state index contributed by atoms with van der Waals surface area (Å²) in [7, 11) is 0. The maximum atomic E-state index is 5.49. The summed E-state index contributed by atoms with van der Waals surface area (Å²) in [6.07, 6.45) is 6.08. The van der Waals surface area contributed by atoms with E-state index in [1.807, 2.05) is 0 Å². The van der Waals surface area contributed by atoms with Gasteiger partial charge in [0.25, 0.3) is 0 Å². The van der Waals surface area contributed by atoms with E-state index in [0.29, 0.717) is 12.1 Å². The summed E-state index contributed by atoms with van der Waals surface area (Å²) in [5, 5.41) is 3.48. The summed E-state index contributed by atoms with van der Waals surface area (Å²) < 4.78 is 5.36. The summed E-state index contributed by atoms with van der Waals surface area (Å²) in [6, 6.07) is 0. The smallest absolute Gasteiger partial charge is 0.219 e. The van der Waals surface area contributed by atoms with Crippen molar-refractivity contribution in [1.29, 1.82) is 0 Å². The van der Waals surface area contributed by atoms with E-state index in [9.17, 15) is 0 Å². The molecule has 0 spiro atoms. The van der Waals surface area contributed by atoms with Crippen LogP contribution in [0.25, 0.3) is 5.57 Å². The molecule has 1 aromatic rings. The molecule has 3 heterocycles. The lowest BCUT2D eigenvalue weighted by Gasteiger charge is -2.31. The maximum absolute atomic E-state index is 5.49. The van der Waals surface area contributed by atoms with Crippen LogP contribution >= 0.6 is 0 Å². The van der Waals surface area contributed by atoms with E-state index < -0.39 is 0 Å². The van der Waals surface area contributed by atoms with Gasteiger partial charge < -0.3 is 10.5 Å². The largest absolute Gasteiger partial charge is 0.379 e. The lowest BCUT2D eigenvalue weighted by Crippen LogP contribution is -2.47. The summed E-state index contributed by atoms with van der Waals surface area (Å²) in [5.74, 6) is 0.315. The minimum absolute atomic E-state index is 0.293. The van der Waals surface area contributed by atoms with Crippen LogP contribution in [-0.2, 0) is 4.74 Å². The van der Waals surface area contributed by atoms with Gasteiger partial charge in [-0.3, -0.25) is 10.2 Å². The minimum Gasteiger partial charge on any atom is -0.379 e. The molecule has 0 amide bonds. The van der Waals surface area contributed by atoms with Gasteiger partial charge in [0.2, 0.25) is 5.95 Å². The normalized spacial score (nSPS) is 25.1. The van der Waals surface area contributed by atoms with Crippen molar-refractivity contribution >= 4 is 11.5 Å². The molecule has 1 aromatic heterocycles. The zero-order chi connectivity index (χ0) is 12.4. The number of rotatable bonds is 2. The van der Waals surface area contributed by atoms with Gasteiger partial charge in [-0.2, -0.15) is 0 Å². The van der Waals surface area contributed by atoms with Crippen LogP contribution in [-0.4, -0.2) is 53.9 Å². The van der Waals surface area contributed by atoms with E-state index in [0.717, 1.165) is 38.4 Å². The Kier molecular flexibility index (Phi) is 3.22. The van der Waals surface area contributed by atoms with Gasteiger partial charge >= 0.3 is 0 Å². The summed E-state index contributed by atoms with van der Waals surface area (Å²) >= 11 is 0. The number of hydrogen-bond acceptors (Lipinski definition) is 6. The van der Waals surface area contributed by atoms with Crippen molar-refractivity contribution in [3.05, 3.63) is 24.0 Å². The predicted octanol–water partition coefficient (Wildman–Crippen LogP) is -0.296. The Bertz CT molecular complexity index is 438. The summed E-state index contributed by atoms with van der Waals surface area (Å²) in [5.41, 5.74) is 7.75. The first-order chi connectivity index (χ1) is 8.83. The van der Waals surface area contributed by atoms with Crippen LogP contribution in [0.3, 0.4) is 0 Å². The van der Waals surface area contributed by atoms with Crippen LogP contribution in [0.15, 0.2) is 18.5 Å². The van der Waals surface area contributed by atoms with Gasteiger partial charge in [-0.25, -0.2) is 9.97 Å². The maximum Gasteiger partial charge on any atom is 0.219 e. The van der Waals surface area contributed by atoms with E-state index in [4.69, 9.17) is 10.5 Å². The van der Waals surface area contributed by atoms with Crippen molar-refractivity contribution in [1.82, 2.24) is 20.2 Å². The molecule has 1 fully saturated rings. The van der Waals surface area contributed by atoms with Gasteiger partial charge in [0.1, 0.15) is 0 Å². The van der Waals surface area contributed by atoms with E-state index in [2.05, 4.69) is 26.3 Å². The molecule has 1 unspecified atom stereocenters. The quantitative estimate of drug-likeness (QED) is 0.747. The van der Waals surface area contributed by atoms with Crippen molar-refractivity contribution in [2.24, 2.45) is 0 Å². The minimum atomic E-state index is 0.293. The van der Waals surface area contributed by atoms with Gasteiger partial charge in [0, 0.05) is 37.6 Å². The number of nitrogens with one attached hydrogen (secondary N) is 1. The molecule has 0 aromatic carbocycles. The molecule has 6 nitrogen and oxygen atoms in total. The summed E-state index contributed by atoms with van der Waals surface area (Å²) in [6.45, 7) is 4.41. The second kappa shape index (κ2) is 5.01. The molecule has 96 valence electrons. The van der Waals surface area contributed by atoms with Crippen LogP contribution in [0.4, 0.5) is 5.95 Å². The van der Waals surface area contributed by atoms with Crippen molar-refractivity contribution in [2.45, 2.75) is 6.17 Å². The molecule has 0 aliphatic carbocycles. The zero-order valence-corrected chi connectivity index (χ0v) is 10.2. The van der Waals surface area contributed by atoms with Crippen molar-refractivity contribution in [3.8, 4) is 0 Å². The Morgan fingerprint density at radius 3 is 2.72 bits per heavy atom. The number of nitrogens with two attached hydrogens (primary N) is 1. The molecule has 3 rings (SSSR count). The highest BCUT2D eigenvalue weighted by Crippen LogP contribution is 2.19. The molecule has 1 saturated heterocycles. The highest BCUT2D eigenvalue weighted by molar-refractivity contribution is 5.68. The number of ether oxygens (including phenoxy) is 1. The highest BCUT2D eigenvalue weighted by Gasteiger charge is 2.23. The lowest BCUT2D eigenvalue weighted by atomic mass is 10.1. The fourth-order valence-electron chi connectivity index (χ4n) is 2.32. The Labute approximate surface area is 106 Å². The molecule has 3 N–H and O–H groups in total. The number of nitrogens with zero attached hydrogens (tertiary/aromatic N) is 3. The molecule has 6 heteroatoms. The fraction of sp³-hybridized carbons (Fsp3) is 0.500. The number of nitrogen functional groups attached to an aromatic ring is 1. The van der Waals surface area contributed by atoms with Crippen LogP contribution < -0.4 is 11.1 Å². The third-order valence-electron chi connectivity index (χ3n) is 3.34. The SMILES string of the molecule is Nc1ncc(C2=CC(N3CCOCC3)NC2)cn1. The van der Waals surface area contributed by atoms with Gasteiger partial charge in [0.05, 0.1) is 19.4 Å². The number of hydrogen-bond donors (Lipinski definition) is 2. The first kappa shape index (κ1) is 11.6. The lowest BCUT2D eigenvalue weighted by molar-refractivity contribution is 0.0216. The molecule has 0 radical (unpaired) electrons. The molecule has 0 bridgehead atoms.